The summed E-state index contributed by atoms with van der Waals surface area (Å²) in [6.45, 7) is 2.88. The van der Waals surface area contributed by atoms with Gasteiger partial charge in [0.25, 0.3) is 5.91 Å². The van der Waals surface area contributed by atoms with Gasteiger partial charge in [-0.3, -0.25) is 9.59 Å². The van der Waals surface area contributed by atoms with Gasteiger partial charge < -0.3 is 5.32 Å². The van der Waals surface area contributed by atoms with Crippen LogP contribution in [0.4, 0.5) is 5.69 Å². The quantitative estimate of drug-likeness (QED) is 0.490. The van der Waals surface area contributed by atoms with Gasteiger partial charge in [0.15, 0.2) is 0 Å². The molecular formula is C14H17IN2O2. The SMILES string of the molecule is CCCCNC1CC(=O)N(c2ccc(I)cc2)C1=O. The highest BCUT2D eigenvalue weighted by Gasteiger charge is 2.38. The number of benzene rings is 1. The number of nitrogens with zero attached hydrogens (tertiary/aromatic N) is 1. The van der Waals surface area contributed by atoms with Crippen molar-refractivity contribution in [1.29, 1.82) is 0 Å². The van der Waals surface area contributed by atoms with Gasteiger partial charge in [-0.05, 0) is 59.8 Å². The molecule has 1 heterocycles. The van der Waals surface area contributed by atoms with Crippen molar-refractivity contribution < 1.29 is 9.59 Å². The van der Waals surface area contributed by atoms with E-state index in [-0.39, 0.29) is 24.3 Å². The summed E-state index contributed by atoms with van der Waals surface area (Å²) in [7, 11) is 0. The Labute approximate surface area is 126 Å². The maximum Gasteiger partial charge on any atom is 0.251 e. The highest BCUT2D eigenvalue weighted by Crippen LogP contribution is 2.23. The minimum absolute atomic E-state index is 0.125. The van der Waals surface area contributed by atoms with Crippen molar-refractivity contribution in [2.24, 2.45) is 0 Å². The zero-order chi connectivity index (χ0) is 13.8. The lowest BCUT2D eigenvalue weighted by Crippen LogP contribution is -2.39. The third kappa shape index (κ3) is 3.33. The number of amides is 2. The number of imide groups is 1. The van der Waals surface area contributed by atoms with Crippen LogP contribution in [0.25, 0.3) is 0 Å². The Kier molecular flexibility index (Phi) is 4.93. The second kappa shape index (κ2) is 6.47. The van der Waals surface area contributed by atoms with Crippen LogP contribution in [0.3, 0.4) is 0 Å². The number of nitrogens with one attached hydrogen (secondary N) is 1. The summed E-state index contributed by atoms with van der Waals surface area (Å²) in [5.41, 5.74) is 0.662. The van der Waals surface area contributed by atoms with E-state index in [1.807, 2.05) is 24.3 Å². The molecule has 0 aliphatic carbocycles. The molecule has 102 valence electrons. The highest BCUT2D eigenvalue weighted by molar-refractivity contribution is 14.1. The van der Waals surface area contributed by atoms with Gasteiger partial charge in [-0.25, -0.2) is 4.90 Å². The van der Waals surface area contributed by atoms with Crippen LogP contribution in [0.15, 0.2) is 24.3 Å². The van der Waals surface area contributed by atoms with Gasteiger partial charge in [0.05, 0.1) is 18.2 Å². The van der Waals surface area contributed by atoms with Gasteiger partial charge in [-0.1, -0.05) is 13.3 Å². The van der Waals surface area contributed by atoms with Crippen LogP contribution in [0.2, 0.25) is 0 Å². The molecule has 0 spiro atoms. The van der Waals surface area contributed by atoms with Crippen LogP contribution in [0.5, 0.6) is 0 Å². The monoisotopic (exact) mass is 372 g/mol. The fraction of sp³-hybridized carbons (Fsp3) is 0.429. The van der Waals surface area contributed by atoms with E-state index in [0.29, 0.717) is 5.69 Å². The predicted molar refractivity (Wildman–Crippen MR) is 83.0 cm³/mol. The maximum atomic E-state index is 12.2. The highest BCUT2D eigenvalue weighted by atomic mass is 127. The molecule has 2 amide bonds. The van der Waals surface area contributed by atoms with Crippen molar-refractivity contribution >= 4 is 40.1 Å². The average molecular weight is 372 g/mol. The summed E-state index contributed by atoms with van der Waals surface area (Å²) in [5.74, 6) is -0.262. The van der Waals surface area contributed by atoms with Crippen molar-refractivity contribution in [1.82, 2.24) is 5.32 Å². The first-order valence-corrected chi connectivity index (χ1v) is 7.57. The van der Waals surface area contributed by atoms with E-state index in [0.717, 1.165) is 23.0 Å². The first-order chi connectivity index (χ1) is 9.13. The molecule has 1 aliphatic heterocycles. The molecule has 0 bridgehead atoms. The molecule has 1 aromatic rings. The second-order valence-corrected chi connectivity index (χ2v) is 5.85. The number of hydrogen-bond donors (Lipinski definition) is 1. The average Bonchev–Trinajstić information content (AvgIpc) is 2.67. The molecule has 0 saturated carbocycles. The summed E-state index contributed by atoms with van der Waals surface area (Å²) >= 11 is 2.20. The lowest BCUT2D eigenvalue weighted by Gasteiger charge is -2.15. The summed E-state index contributed by atoms with van der Waals surface area (Å²) in [4.78, 5) is 25.5. The van der Waals surface area contributed by atoms with Crippen molar-refractivity contribution in [3.05, 3.63) is 27.8 Å². The third-order valence-electron chi connectivity index (χ3n) is 3.15. The Bertz CT molecular complexity index is 473. The van der Waals surface area contributed by atoms with Crippen LogP contribution in [-0.4, -0.2) is 24.4 Å². The molecule has 1 unspecified atom stereocenters. The summed E-state index contributed by atoms with van der Waals surface area (Å²) in [6.07, 6.45) is 2.35. The smallest absolute Gasteiger partial charge is 0.251 e. The standard InChI is InChI=1S/C14H17IN2O2/c1-2-3-8-16-12-9-13(18)17(14(12)19)11-6-4-10(15)5-7-11/h4-7,12,16H,2-3,8-9H2,1H3. The molecular weight excluding hydrogens is 355 g/mol. The number of carbonyl (C=O) groups is 2. The normalized spacial score (nSPS) is 19.3. The fourth-order valence-electron chi connectivity index (χ4n) is 2.11. The molecule has 19 heavy (non-hydrogen) atoms. The van der Waals surface area contributed by atoms with Gasteiger partial charge in [0.1, 0.15) is 0 Å². The predicted octanol–water partition coefficient (Wildman–Crippen LogP) is 2.31. The van der Waals surface area contributed by atoms with Crippen LogP contribution in [0.1, 0.15) is 26.2 Å². The topological polar surface area (TPSA) is 49.4 Å². The van der Waals surface area contributed by atoms with Gasteiger partial charge in [-0.15, -0.1) is 0 Å². The zero-order valence-corrected chi connectivity index (χ0v) is 13.0. The molecule has 1 N–H and O–H groups in total. The van der Waals surface area contributed by atoms with Gasteiger partial charge in [0.2, 0.25) is 5.91 Å². The van der Waals surface area contributed by atoms with Crippen LogP contribution < -0.4 is 10.2 Å². The Morgan fingerprint density at radius 1 is 1.32 bits per heavy atom. The lowest BCUT2D eigenvalue weighted by molar-refractivity contribution is -0.121. The Balaban J connectivity index is 2.08. The summed E-state index contributed by atoms with van der Waals surface area (Å²) < 4.78 is 1.08. The van der Waals surface area contributed by atoms with Crippen molar-refractivity contribution in [3.63, 3.8) is 0 Å². The van der Waals surface area contributed by atoms with E-state index < -0.39 is 0 Å². The number of halogens is 1. The van der Waals surface area contributed by atoms with E-state index >= 15 is 0 Å². The molecule has 4 nitrogen and oxygen atoms in total. The van der Waals surface area contributed by atoms with Crippen molar-refractivity contribution in [3.8, 4) is 0 Å². The number of carbonyl (C=O) groups excluding carboxylic acids is 2. The second-order valence-electron chi connectivity index (χ2n) is 4.61. The van der Waals surface area contributed by atoms with Crippen LogP contribution >= 0.6 is 22.6 Å². The Morgan fingerprint density at radius 2 is 2.00 bits per heavy atom. The zero-order valence-electron chi connectivity index (χ0n) is 10.9. The molecule has 0 aromatic heterocycles. The largest absolute Gasteiger partial charge is 0.305 e. The molecule has 1 atom stereocenters. The lowest BCUT2D eigenvalue weighted by atomic mass is 10.2. The van der Waals surface area contributed by atoms with Crippen molar-refractivity contribution in [2.75, 3.05) is 11.4 Å². The Morgan fingerprint density at radius 3 is 2.63 bits per heavy atom. The molecule has 0 radical (unpaired) electrons. The van der Waals surface area contributed by atoms with E-state index in [9.17, 15) is 9.59 Å². The summed E-state index contributed by atoms with van der Waals surface area (Å²) in [6, 6.07) is 7.05. The fourth-order valence-corrected chi connectivity index (χ4v) is 2.47. The molecule has 5 heteroatoms. The Hall–Kier alpha value is -0.950. The minimum Gasteiger partial charge on any atom is -0.305 e. The number of unbranched alkanes of at least 4 members (excludes halogenated alkanes) is 1. The minimum atomic E-state index is -0.363. The van der Waals surface area contributed by atoms with Crippen LogP contribution in [0, 0.1) is 3.57 Å². The number of hydrogen-bond acceptors (Lipinski definition) is 3. The molecule has 1 aliphatic rings. The van der Waals surface area contributed by atoms with Gasteiger partial charge >= 0.3 is 0 Å². The van der Waals surface area contributed by atoms with Gasteiger partial charge in [-0.2, -0.15) is 0 Å². The van der Waals surface area contributed by atoms with Crippen LogP contribution in [-0.2, 0) is 9.59 Å². The van der Waals surface area contributed by atoms with Crippen molar-refractivity contribution in [2.45, 2.75) is 32.2 Å². The first kappa shape index (κ1) is 14.5. The summed E-state index contributed by atoms with van der Waals surface area (Å²) in [5, 5.41) is 3.16. The molecule has 2 rings (SSSR count). The first-order valence-electron chi connectivity index (χ1n) is 6.49. The molecule has 1 fully saturated rings. The molecule has 1 aromatic carbocycles. The van der Waals surface area contributed by atoms with E-state index in [1.54, 1.807) is 0 Å². The van der Waals surface area contributed by atoms with E-state index in [4.69, 9.17) is 0 Å². The van der Waals surface area contributed by atoms with Gasteiger partial charge in [0, 0.05) is 3.57 Å². The van der Waals surface area contributed by atoms with E-state index in [2.05, 4.69) is 34.8 Å². The van der Waals surface area contributed by atoms with E-state index in [1.165, 1.54) is 4.90 Å². The maximum absolute atomic E-state index is 12.2. The molecule has 1 saturated heterocycles. The third-order valence-corrected chi connectivity index (χ3v) is 3.87. The number of anilines is 1. The number of rotatable bonds is 5.